The van der Waals surface area contributed by atoms with Crippen LogP contribution in [0.15, 0.2) is 30.3 Å². The van der Waals surface area contributed by atoms with Gasteiger partial charge in [-0.05, 0) is 24.3 Å². The molecule has 0 heterocycles. The molecule has 3 atom stereocenters. The Bertz CT molecular complexity index is 504. The number of hydrogen-bond donors (Lipinski definition) is 2. The molecule has 0 saturated heterocycles. The molecule has 1 aromatic carbocycles. The van der Waals surface area contributed by atoms with Crippen molar-refractivity contribution < 1.29 is 14.3 Å². The molecule has 1 amide bonds. The van der Waals surface area contributed by atoms with Crippen molar-refractivity contribution in [2.45, 2.75) is 44.2 Å². The van der Waals surface area contributed by atoms with Crippen molar-refractivity contribution in [2.75, 3.05) is 7.11 Å². The van der Waals surface area contributed by atoms with E-state index in [2.05, 4.69) is 5.32 Å². The van der Waals surface area contributed by atoms with Gasteiger partial charge in [-0.15, -0.1) is 0 Å². The largest absolute Gasteiger partial charge is 0.469 e. The summed E-state index contributed by atoms with van der Waals surface area (Å²) in [5.41, 5.74) is 6.92. The summed E-state index contributed by atoms with van der Waals surface area (Å²) in [4.78, 5) is 23.9. The second-order valence-electron chi connectivity index (χ2n) is 5.87. The van der Waals surface area contributed by atoms with Gasteiger partial charge in [-0.3, -0.25) is 9.59 Å². The predicted molar refractivity (Wildman–Crippen MR) is 83.9 cm³/mol. The topological polar surface area (TPSA) is 81.4 Å². The minimum Gasteiger partial charge on any atom is -0.469 e. The SMILES string of the molecule is COC(=O)CC(NC(=O)C[C@@H]1CCC[C@H]1N)c1ccccc1. The Hall–Kier alpha value is -1.88. The highest BCUT2D eigenvalue weighted by Crippen LogP contribution is 2.27. The maximum atomic E-state index is 12.3. The average Bonchev–Trinajstić information content (AvgIpc) is 2.92. The van der Waals surface area contributed by atoms with Gasteiger partial charge >= 0.3 is 5.97 Å². The van der Waals surface area contributed by atoms with Gasteiger partial charge in [-0.2, -0.15) is 0 Å². The van der Waals surface area contributed by atoms with Crippen LogP contribution in [-0.4, -0.2) is 25.0 Å². The summed E-state index contributed by atoms with van der Waals surface area (Å²) in [5.74, 6) is -0.152. The van der Waals surface area contributed by atoms with E-state index in [0.29, 0.717) is 6.42 Å². The number of esters is 1. The van der Waals surface area contributed by atoms with Crippen molar-refractivity contribution in [1.82, 2.24) is 5.32 Å². The van der Waals surface area contributed by atoms with Crippen LogP contribution in [-0.2, 0) is 14.3 Å². The van der Waals surface area contributed by atoms with Crippen molar-refractivity contribution in [3.05, 3.63) is 35.9 Å². The van der Waals surface area contributed by atoms with Crippen molar-refractivity contribution in [3.8, 4) is 0 Å². The van der Waals surface area contributed by atoms with E-state index in [9.17, 15) is 9.59 Å². The monoisotopic (exact) mass is 304 g/mol. The second kappa shape index (κ2) is 7.94. The lowest BCUT2D eigenvalue weighted by Gasteiger charge is -2.20. The van der Waals surface area contributed by atoms with Gasteiger partial charge in [-0.1, -0.05) is 36.8 Å². The van der Waals surface area contributed by atoms with Crippen LogP contribution in [0.4, 0.5) is 0 Å². The van der Waals surface area contributed by atoms with E-state index in [1.54, 1.807) is 0 Å². The number of carbonyl (C=O) groups is 2. The van der Waals surface area contributed by atoms with Crippen LogP contribution >= 0.6 is 0 Å². The Morgan fingerprint density at radius 1 is 1.32 bits per heavy atom. The van der Waals surface area contributed by atoms with E-state index in [-0.39, 0.29) is 36.3 Å². The molecule has 5 nitrogen and oxygen atoms in total. The smallest absolute Gasteiger partial charge is 0.307 e. The molecular formula is C17H24N2O3. The first-order valence-corrected chi connectivity index (χ1v) is 7.77. The maximum Gasteiger partial charge on any atom is 0.307 e. The fourth-order valence-corrected chi connectivity index (χ4v) is 3.00. The van der Waals surface area contributed by atoms with E-state index in [0.717, 1.165) is 24.8 Å². The Labute approximate surface area is 131 Å². The van der Waals surface area contributed by atoms with Crippen molar-refractivity contribution >= 4 is 11.9 Å². The number of nitrogens with two attached hydrogens (primary N) is 1. The molecule has 0 bridgehead atoms. The Balaban J connectivity index is 1.99. The quantitative estimate of drug-likeness (QED) is 0.787. The molecule has 1 fully saturated rings. The molecule has 1 aliphatic rings. The van der Waals surface area contributed by atoms with Gasteiger partial charge in [0.1, 0.15) is 0 Å². The summed E-state index contributed by atoms with van der Waals surface area (Å²) >= 11 is 0. The standard InChI is InChI=1S/C17H24N2O3/c1-22-17(21)11-15(12-6-3-2-4-7-12)19-16(20)10-13-8-5-9-14(13)18/h2-4,6-7,13-15H,5,8-11,18H2,1H3,(H,19,20)/t13-,14+,15?/m0/s1. The molecule has 0 aliphatic heterocycles. The Kier molecular flexibility index (Phi) is 5.95. The lowest BCUT2D eigenvalue weighted by Crippen LogP contribution is -2.34. The van der Waals surface area contributed by atoms with Crippen LogP contribution in [0.2, 0.25) is 0 Å². The van der Waals surface area contributed by atoms with Gasteiger partial charge in [0.15, 0.2) is 0 Å². The number of amides is 1. The minimum absolute atomic E-state index is 0.0555. The molecule has 2 rings (SSSR count). The zero-order valence-corrected chi connectivity index (χ0v) is 13.0. The third-order valence-electron chi connectivity index (χ3n) is 4.30. The number of rotatable bonds is 6. The van der Waals surface area contributed by atoms with Gasteiger partial charge in [0.2, 0.25) is 5.91 Å². The summed E-state index contributed by atoms with van der Waals surface area (Å²) in [6.45, 7) is 0. The number of benzene rings is 1. The van der Waals surface area contributed by atoms with E-state index in [1.165, 1.54) is 7.11 Å². The summed E-state index contributed by atoms with van der Waals surface area (Å²) < 4.78 is 4.72. The van der Waals surface area contributed by atoms with Crippen LogP contribution in [0, 0.1) is 5.92 Å². The number of carbonyl (C=O) groups excluding carboxylic acids is 2. The molecule has 0 aromatic heterocycles. The zero-order chi connectivity index (χ0) is 15.9. The summed E-state index contributed by atoms with van der Waals surface area (Å²) in [6.07, 6.45) is 3.63. The van der Waals surface area contributed by atoms with Gasteiger partial charge in [0.05, 0.1) is 19.6 Å². The molecular weight excluding hydrogens is 280 g/mol. The summed E-state index contributed by atoms with van der Waals surface area (Å²) in [7, 11) is 1.35. The van der Waals surface area contributed by atoms with Gasteiger partial charge in [0.25, 0.3) is 0 Å². The molecule has 22 heavy (non-hydrogen) atoms. The molecule has 0 spiro atoms. The number of hydrogen-bond acceptors (Lipinski definition) is 4. The van der Waals surface area contributed by atoms with Crippen LogP contribution < -0.4 is 11.1 Å². The average molecular weight is 304 g/mol. The number of ether oxygens (including phenoxy) is 1. The van der Waals surface area contributed by atoms with Crippen molar-refractivity contribution in [3.63, 3.8) is 0 Å². The summed E-state index contributed by atoms with van der Waals surface area (Å²) in [5, 5.41) is 2.95. The lowest BCUT2D eigenvalue weighted by molar-refractivity contribution is -0.141. The highest BCUT2D eigenvalue weighted by atomic mass is 16.5. The Morgan fingerprint density at radius 2 is 2.05 bits per heavy atom. The number of methoxy groups -OCH3 is 1. The predicted octanol–water partition coefficient (Wildman–Crippen LogP) is 1.92. The fraction of sp³-hybridized carbons (Fsp3) is 0.529. The minimum atomic E-state index is -0.362. The molecule has 5 heteroatoms. The van der Waals surface area contributed by atoms with Crippen molar-refractivity contribution in [1.29, 1.82) is 0 Å². The molecule has 0 radical (unpaired) electrons. The Morgan fingerprint density at radius 3 is 2.64 bits per heavy atom. The van der Waals surface area contributed by atoms with Gasteiger partial charge in [-0.25, -0.2) is 0 Å². The van der Waals surface area contributed by atoms with Crippen LogP contribution in [0.3, 0.4) is 0 Å². The van der Waals surface area contributed by atoms with Crippen molar-refractivity contribution in [2.24, 2.45) is 11.7 Å². The van der Waals surface area contributed by atoms with Crippen LogP contribution in [0.1, 0.15) is 43.7 Å². The van der Waals surface area contributed by atoms with Gasteiger partial charge < -0.3 is 15.8 Å². The maximum absolute atomic E-state index is 12.3. The molecule has 3 N–H and O–H groups in total. The summed E-state index contributed by atoms with van der Waals surface area (Å²) in [6, 6.07) is 9.22. The molecule has 120 valence electrons. The van der Waals surface area contributed by atoms with Crippen LogP contribution in [0.5, 0.6) is 0 Å². The first kappa shape index (κ1) is 16.5. The first-order valence-electron chi connectivity index (χ1n) is 7.77. The zero-order valence-electron chi connectivity index (χ0n) is 13.0. The third-order valence-corrected chi connectivity index (χ3v) is 4.30. The van der Waals surface area contributed by atoms with E-state index in [4.69, 9.17) is 10.5 Å². The molecule has 1 aromatic rings. The van der Waals surface area contributed by atoms with E-state index < -0.39 is 0 Å². The normalized spacial score (nSPS) is 22.1. The first-order chi connectivity index (χ1) is 10.6. The molecule has 1 saturated carbocycles. The van der Waals surface area contributed by atoms with E-state index >= 15 is 0 Å². The fourth-order valence-electron chi connectivity index (χ4n) is 3.00. The third kappa shape index (κ3) is 4.56. The highest BCUT2D eigenvalue weighted by Gasteiger charge is 2.27. The van der Waals surface area contributed by atoms with E-state index in [1.807, 2.05) is 30.3 Å². The highest BCUT2D eigenvalue weighted by molar-refractivity contribution is 5.78. The van der Waals surface area contributed by atoms with Crippen LogP contribution in [0.25, 0.3) is 0 Å². The lowest BCUT2D eigenvalue weighted by atomic mass is 9.98. The second-order valence-corrected chi connectivity index (χ2v) is 5.87. The number of nitrogens with one attached hydrogen (secondary N) is 1. The molecule has 1 aliphatic carbocycles. The molecule has 1 unspecified atom stereocenters. The van der Waals surface area contributed by atoms with Gasteiger partial charge in [0, 0.05) is 12.5 Å².